The lowest BCUT2D eigenvalue weighted by Crippen LogP contribution is -2.42. The summed E-state index contributed by atoms with van der Waals surface area (Å²) in [6.45, 7) is 6.38. The number of nitrogens with zero attached hydrogens (tertiary/aromatic N) is 4. The normalized spacial score (nSPS) is 15.2. The molecule has 2 aliphatic heterocycles. The number of amides is 2. The topological polar surface area (TPSA) is 107 Å². The maximum atomic E-state index is 14.0. The van der Waals surface area contributed by atoms with E-state index in [1.54, 1.807) is 35.9 Å². The first kappa shape index (κ1) is 28.5. The fourth-order valence-corrected chi connectivity index (χ4v) is 5.28. The number of aromatic nitrogens is 2. The van der Waals surface area contributed by atoms with E-state index < -0.39 is 11.8 Å². The van der Waals surface area contributed by atoms with Crippen molar-refractivity contribution in [2.24, 2.45) is 0 Å². The minimum atomic E-state index is -0.636. The quantitative estimate of drug-likeness (QED) is 0.180. The molecule has 0 radical (unpaired) electrons. The molecular formula is C35H30N4O5. The molecule has 0 aliphatic carbocycles. The SMILES string of the molecule is CCCOc1ccc(-c2nn(-c3ccccc3)cc2/C=C2/C(=O)N(Cc3ccc4c(c3)OCO4)C(=O)C(C#N)=C2C)c(C)c1. The van der Waals surface area contributed by atoms with Gasteiger partial charge in [0.05, 0.1) is 18.8 Å². The van der Waals surface area contributed by atoms with Gasteiger partial charge < -0.3 is 14.2 Å². The van der Waals surface area contributed by atoms with Crippen LogP contribution < -0.4 is 14.2 Å². The van der Waals surface area contributed by atoms with Crippen LogP contribution in [-0.2, 0) is 16.1 Å². The molecule has 2 amide bonds. The number of para-hydroxylation sites is 1. The summed E-state index contributed by atoms with van der Waals surface area (Å²) in [7, 11) is 0. The Balaban J connectivity index is 1.44. The Labute approximate surface area is 255 Å². The Morgan fingerprint density at radius 1 is 1.00 bits per heavy atom. The van der Waals surface area contributed by atoms with E-state index in [2.05, 4.69) is 6.92 Å². The molecule has 9 nitrogen and oxygen atoms in total. The standard InChI is InChI=1S/C35H30N4O5/c1-4-14-42-27-11-12-28(22(2)15-27)33-25(20-39(37-33)26-8-6-5-7-9-26)17-29-23(3)30(18-36)35(41)38(34(29)40)19-24-10-13-31-32(16-24)44-21-43-31/h5-13,15-17,20H,4,14,19,21H2,1-3H3/b29-17+. The van der Waals surface area contributed by atoms with E-state index in [0.717, 1.165) is 33.9 Å². The third kappa shape index (κ3) is 5.34. The van der Waals surface area contributed by atoms with Crippen molar-refractivity contribution in [1.82, 2.24) is 14.7 Å². The molecule has 0 fully saturated rings. The van der Waals surface area contributed by atoms with Crippen LogP contribution in [-0.4, -0.2) is 39.9 Å². The van der Waals surface area contributed by atoms with Crippen LogP contribution in [0.5, 0.6) is 17.2 Å². The maximum Gasteiger partial charge on any atom is 0.271 e. The molecule has 0 atom stereocenters. The number of hydrogen-bond donors (Lipinski definition) is 0. The molecule has 2 aliphatic rings. The number of ether oxygens (including phenoxy) is 3. The number of benzene rings is 3. The van der Waals surface area contributed by atoms with E-state index >= 15 is 0 Å². The highest BCUT2D eigenvalue weighted by atomic mass is 16.7. The van der Waals surface area contributed by atoms with Gasteiger partial charge in [-0.15, -0.1) is 0 Å². The fourth-order valence-electron chi connectivity index (χ4n) is 5.28. The number of imide groups is 1. The van der Waals surface area contributed by atoms with Crippen molar-refractivity contribution < 1.29 is 23.8 Å². The predicted molar refractivity (Wildman–Crippen MR) is 164 cm³/mol. The highest BCUT2D eigenvalue weighted by Gasteiger charge is 2.36. The van der Waals surface area contributed by atoms with Crippen molar-refractivity contribution in [3.63, 3.8) is 0 Å². The van der Waals surface area contributed by atoms with E-state index in [0.29, 0.717) is 40.5 Å². The lowest BCUT2D eigenvalue weighted by atomic mass is 9.92. The van der Waals surface area contributed by atoms with Crippen LogP contribution in [0.25, 0.3) is 23.0 Å². The van der Waals surface area contributed by atoms with Gasteiger partial charge in [-0.2, -0.15) is 10.4 Å². The van der Waals surface area contributed by atoms with Gasteiger partial charge in [-0.1, -0.05) is 31.2 Å². The summed E-state index contributed by atoms with van der Waals surface area (Å²) in [5.41, 5.74) is 5.15. The molecule has 1 aromatic heterocycles. The Bertz CT molecular complexity index is 1880. The fraction of sp³-hybridized carbons (Fsp3) is 0.200. The van der Waals surface area contributed by atoms with Crippen molar-refractivity contribution in [2.45, 2.75) is 33.7 Å². The van der Waals surface area contributed by atoms with Gasteiger partial charge in [0.25, 0.3) is 11.8 Å². The minimum absolute atomic E-state index is 0.0292. The molecule has 4 aromatic rings. The number of rotatable bonds is 8. The molecule has 6 rings (SSSR count). The van der Waals surface area contributed by atoms with Gasteiger partial charge in [0.15, 0.2) is 11.5 Å². The van der Waals surface area contributed by atoms with Crippen LogP contribution in [0, 0.1) is 18.3 Å². The summed E-state index contributed by atoms with van der Waals surface area (Å²) in [4.78, 5) is 28.4. The summed E-state index contributed by atoms with van der Waals surface area (Å²) < 4.78 is 18.4. The summed E-state index contributed by atoms with van der Waals surface area (Å²) in [5.74, 6) is 0.781. The van der Waals surface area contributed by atoms with Crippen LogP contribution >= 0.6 is 0 Å². The lowest BCUT2D eigenvalue weighted by Gasteiger charge is -2.27. The maximum absolute atomic E-state index is 14.0. The van der Waals surface area contributed by atoms with E-state index in [1.165, 1.54) is 0 Å². The molecule has 0 N–H and O–H groups in total. The predicted octanol–water partition coefficient (Wildman–Crippen LogP) is 6.16. The van der Waals surface area contributed by atoms with Gasteiger partial charge in [-0.05, 0) is 85.5 Å². The number of nitriles is 1. The molecule has 220 valence electrons. The Morgan fingerprint density at radius 2 is 1.80 bits per heavy atom. The van der Waals surface area contributed by atoms with Gasteiger partial charge in [-0.3, -0.25) is 14.5 Å². The third-order valence-electron chi connectivity index (χ3n) is 7.59. The van der Waals surface area contributed by atoms with E-state index in [4.69, 9.17) is 19.3 Å². The summed E-state index contributed by atoms with van der Waals surface area (Å²) >= 11 is 0. The zero-order chi connectivity index (χ0) is 30.8. The van der Waals surface area contributed by atoms with Crippen molar-refractivity contribution in [3.05, 3.63) is 106 Å². The van der Waals surface area contributed by atoms with Crippen molar-refractivity contribution in [3.8, 4) is 40.3 Å². The molecule has 0 bridgehead atoms. The average Bonchev–Trinajstić information content (AvgIpc) is 3.68. The Morgan fingerprint density at radius 3 is 2.55 bits per heavy atom. The van der Waals surface area contributed by atoms with Crippen molar-refractivity contribution in [2.75, 3.05) is 13.4 Å². The number of carbonyl (C=O) groups excluding carboxylic acids is 2. The highest BCUT2D eigenvalue weighted by Crippen LogP contribution is 2.36. The molecule has 0 unspecified atom stereocenters. The molecule has 0 saturated carbocycles. The Hall–Kier alpha value is -5.62. The monoisotopic (exact) mass is 586 g/mol. The molecule has 3 heterocycles. The second-order valence-corrected chi connectivity index (χ2v) is 10.6. The highest BCUT2D eigenvalue weighted by molar-refractivity contribution is 6.19. The first-order valence-electron chi connectivity index (χ1n) is 14.3. The average molecular weight is 587 g/mol. The summed E-state index contributed by atoms with van der Waals surface area (Å²) in [5, 5.41) is 14.9. The number of hydrogen-bond acceptors (Lipinski definition) is 7. The van der Waals surface area contributed by atoms with Crippen LogP contribution in [0.1, 0.15) is 37.0 Å². The van der Waals surface area contributed by atoms with Crippen molar-refractivity contribution >= 4 is 17.9 Å². The zero-order valence-corrected chi connectivity index (χ0v) is 24.7. The van der Waals surface area contributed by atoms with E-state index in [9.17, 15) is 14.9 Å². The molecular weight excluding hydrogens is 556 g/mol. The first-order chi connectivity index (χ1) is 21.4. The number of carbonyl (C=O) groups is 2. The second-order valence-electron chi connectivity index (χ2n) is 10.6. The van der Waals surface area contributed by atoms with Gasteiger partial charge >= 0.3 is 0 Å². The van der Waals surface area contributed by atoms with Crippen LogP contribution in [0.4, 0.5) is 0 Å². The minimum Gasteiger partial charge on any atom is -0.494 e. The van der Waals surface area contributed by atoms with Crippen LogP contribution in [0.2, 0.25) is 0 Å². The van der Waals surface area contributed by atoms with E-state index in [1.807, 2.05) is 67.7 Å². The molecule has 0 spiro atoms. The lowest BCUT2D eigenvalue weighted by molar-refractivity contribution is -0.141. The smallest absolute Gasteiger partial charge is 0.271 e. The summed E-state index contributed by atoms with van der Waals surface area (Å²) in [6, 6.07) is 22.8. The summed E-state index contributed by atoms with van der Waals surface area (Å²) in [6.07, 6.45) is 4.47. The van der Waals surface area contributed by atoms with E-state index in [-0.39, 0.29) is 24.5 Å². The zero-order valence-electron chi connectivity index (χ0n) is 24.7. The molecule has 44 heavy (non-hydrogen) atoms. The number of fused-ring (bicyclic) bond motifs is 1. The Kier molecular flexibility index (Phi) is 7.73. The van der Waals surface area contributed by atoms with Gasteiger partial charge in [0, 0.05) is 22.9 Å². The van der Waals surface area contributed by atoms with Gasteiger partial charge in [0.2, 0.25) is 6.79 Å². The second kappa shape index (κ2) is 11.9. The third-order valence-corrected chi connectivity index (χ3v) is 7.59. The largest absolute Gasteiger partial charge is 0.494 e. The van der Waals surface area contributed by atoms with Gasteiger partial charge in [-0.25, -0.2) is 4.68 Å². The van der Waals surface area contributed by atoms with Crippen LogP contribution in [0.15, 0.2) is 89.6 Å². The first-order valence-corrected chi connectivity index (χ1v) is 14.3. The van der Waals surface area contributed by atoms with Crippen molar-refractivity contribution in [1.29, 1.82) is 5.26 Å². The molecule has 0 saturated heterocycles. The molecule has 9 heteroatoms. The molecule has 3 aromatic carbocycles. The van der Waals surface area contributed by atoms with Crippen LogP contribution in [0.3, 0.4) is 0 Å². The van der Waals surface area contributed by atoms with Gasteiger partial charge in [0.1, 0.15) is 23.1 Å². The number of aryl methyl sites for hydroxylation is 1.